The zero-order chi connectivity index (χ0) is 23.1. The number of benzene rings is 2. The van der Waals surface area contributed by atoms with Crippen LogP contribution < -0.4 is 9.62 Å². The van der Waals surface area contributed by atoms with E-state index in [0.717, 1.165) is 42.7 Å². The number of hydrogen-bond donors (Lipinski definition) is 1. The Balaban J connectivity index is 1.56. The summed E-state index contributed by atoms with van der Waals surface area (Å²) in [5.41, 5.74) is 3.38. The van der Waals surface area contributed by atoms with Gasteiger partial charge in [0.05, 0.1) is 11.4 Å². The van der Waals surface area contributed by atoms with Crippen molar-refractivity contribution in [1.29, 1.82) is 0 Å². The van der Waals surface area contributed by atoms with Gasteiger partial charge in [0.15, 0.2) is 0 Å². The first kappa shape index (κ1) is 22.6. The molecule has 1 N–H and O–H groups in total. The Bertz CT molecular complexity index is 1100. The smallest absolute Gasteiger partial charge is 0.261 e. The van der Waals surface area contributed by atoms with E-state index in [4.69, 9.17) is 0 Å². The topological polar surface area (TPSA) is 69.7 Å². The summed E-state index contributed by atoms with van der Waals surface area (Å²) in [6.07, 6.45) is 2.14. The molecule has 172 valence electrons. The number of rotatable bonds is 6. The van der Waals surface area contributed by atoms with Crippen LogP contribution in [0.5, 0.6) is 0 Å². The summed E-state index contributed by atoms with van der Waals surface area (Å²) in [5, 5.41) is 0. The zero-order valence-corrected chi connectivity index (χ0v) is 20.2. The molecule has 2 aliphatic rings. The SMILES string of the molecule is CC(C)c1ccc(NS(=O)(=O)c2ccc3c(c2)C(C)(C)CN3CC(=O)N2CCCC2)cc1. The average molecular weight is 456 g/mol. The summed E-state index contributed by atoms with van der Waals surface area (Å²) in [5.74, 6) is 0.536. The lowest BCUT2D eigenvalue weighted by Crippen LogP contribution is -2.40. The molecule has 0 atom stereocenters. The summed E-state index contributed by atoms with van der Waals surface area (Å²) < 4.78 is 28.9. The molecule has 2 aromatic rings. The van der Waals surface area contributed by atoms with Gasteiger partial charge >= 0.3 is 0 Å². The lowest BCUT2D eigenvalue weighted by molar-refractivity contribution is -0.128. The molecule has 0 spiro atoms. The number of nitrogens with one attached hydrogen (secondary N) is 1. The quantitative estimate of drug-likeness (QED) is 0.704. The summed E-state index contributed by atoms with van der Waals surface area (Å²) in [6.45, 7) is 11.1. The standard InChI is InChI=1S/C25H33N3O3S/c1-18(2)19-7-9-20(10-8-19)26-32(30,31)21-11-12-23-22(15-21)25(3,4)17-28(23)16-24(29)27-13-5-6-14-27/h7-12,15,18,26H,5-6,13-14,16-17H2,1-4H3. The van der Waals surface area contributed by atoms with E-state index >= 15 is 0 Å². The minimum Gasteiger partial charge on any atom is -0.361 e. The maximum Gasteiger partial charge on any atom is 0.261 e. The van der Waals surface area contributed by atoms with Gasteiger partial charge in [0.2, 0.25) is 5.91 Å². The van der Waals surface area contributed by atoms with Crippen molar-refractivity contribution in [3.63, 3.8) is 0 Å². The molecule has 0 aromatic heterocycles. The van der Waals surface area contributed by atoms with Crippen molar-refractivity contribution in [2.75, 3.05) is 35.8 Å². The number of fused-ring (bicyclic) bond motifs is 1. The van der Waals surface area contributed by atoms with Crippen molar-refractivity contribution in [2.24, 2.45) is 0 Å². The monoisotopic (exact) mass is 455 g/mol. The van der Waals surface area contributed by atoms with Crippen LogP contribution in [-0.4, -0.2) is 45.4 Å². The maximum atomic E-state index is 13.1. The molecular formula is C25H33N3O3S. The van der Waals surface area contributed by atoms with Crippen LogP contribution in [0.2, 0.25) is 0 Å². The van der Waals surface area contributed by atoms with Gasteiger partial charge in [-0.05, 0) is 60.2 Å². The second-order valence-corrected chi connectivity index (χ2v) is 11.6. The fourth-order valence-electron chi connectivity index (χ4n) is 4.67. The highest BCUT2D eigenvalue weighted by atomic mass is 32.2. The zero-order valence-electron chi connectivity index (χ0n) is 19.4. The van der Waals surface area contributed by atoms with Gasteiger partial charge in [-0.2, -0.15) is 0 Å². The summed E-state index contributed by atoms with van der Waals surface area (Å²) in [4.78, 5) is 17.0. The van der Waals surface area contributed by atoms with Gasteiger partial charge in [-0.3, -0.25) is 9.52 Å². The first-order chi connectivity index (χ1) is 15.1. The molecule has 7 heteroatoms. The van der Waals surface area contributed by atoms with Crippen LogP contribution in [-0.2, 0) is 20.2 Å². The van der Waals surface area contributed by atoms with E-state index in [9.17, 15) is 13.2 Å². The maximum absolute atomic E-state index is 13.1. The number of hydrogen-bond acceptors (Lipinski definition) is 4. The Morgan fingerprint density at radius 3 is 2.34 bits per heavy atom. The fraction of sp³-hybridized carbons (Fsp3) is 0.480. The Morgan fingerprint density at radius 2 is 1.72 bits per heavy atom. The lowest BCUT2D eigenvalue weighted by atomic mass is 9.87. The highest BCUT2D eigenvalue weighted by Crippen LogP contribution is 2.41. The van der Waals surface area contributed by atoms with Gasteiger partial charge in [0, 0.05) is 36.4 Å². The van der Waals surface area contributed by atoms with Gasteiger partial charge < -0.3 is 9.80 Å². The third kappa shape index (κ3) is 4.49. The summed E-state index contributed by atoms with van der Waals surface area (Å²) in [6, 6.07) is 12.7. The predicted molar refractivity (Wildman–Crippen MR) is 129 cm³/mol. The van der Waals surface area contributed by atoms with E-state index in [1.807, 2.05) is 23.1 Å². The van der Waals surface area contributed by atoms with Gasteiger partial charge in [0.1, 0.15) is 0 Å². The van der Waals surface area contributed by atoms with Crippen molar-refractivity contribution in [1.82, 2.24) is 4.90 Å². The molecule has 0 aliphatic carbocycles. The fourth-order valence-corrected chi connectivity index (χ4v) is 5.75. The Kier molecular flexibility index (Phi) is 5.96. The molecule has 0 radical (unpaired) electrons. The molecule has 1 fully saturated rings. The highest BCUT2D eigenvalue weighted by Gasteiger charge is 2.37. The van der Waals surface area contributed by atoms with Crippen molar-refractivity contribution in [3.05, 3.63) is 53.6 Å². The number of amides is 1. The van der Waals surface area contributed by atoms with Crippen LogP contribution in [0.4, 0.5) is 11.4 Å². The second kappa shape index (κ2) is 8.43. The molecule has 1 amide bonds. The number of nitrogens with zero attached hydrogens (tertiary/aromatic N) is 2. The molecule has 2 aliphatic heterocycles. The minimum atomic E-state index is -3.72. The van der Waals surface area contributed by atoms with E-state index in [1.54, 1.807) is 24.3 Å². The van der Waals surface area contributed by atoms with Crippen molar-refractivity contribution in [2.45, 2.75) is 56.8 Å². The van der Waals surface area contributed by atoms with Crippen LogP contribution in [0.3, 0.4) is 0 Å². The number of sulfonamides is 1. The number of carbonyl (C=O) groups is 1. The van der Waals surface area contributed by atoms with Crippen molar-refractivity contribution >= 4 is 27.3 Å². The number of carbonyl (C=O) groups excluding carboxylic acids is 1. The first-order valence-corrected chi connectivity index (χ1v) is 12.9. The van der Waals surface area contributed by atoms with E-state index in [0.29, 0.717) is 24.7 Å². The van der Waals surface area contributed by atoms with Gasteiger partial charge in [-0.15, -0.1) is 0 Å². The summed E-state index contributed by atoms with van der Waals surface area (Å²) >= 11 is 0. The molecule has 2 heterocycles. The lowest BCUT2D eigenvalue weighted by Gasteiger charge is -2.24. The van der Waals surface area contributed by atoms with Crippen molar-refractivity contribution in [3.8, 4) is 0 Å². The highest BCUT2D eigenvalue weighted by molar-refractivity contribution is 7.92. The van der Waals surface area contributed by atoms with Crippen LogP contribution in [0.15, 0.2) is 47.4 Å². The molecular weight excluding hydrogens is 422 g/mol. The van der Waals surface area contributed by atoms with E-state index < -0.39 is 10.0 Å². The summed E-state index contributed by atoms with van der Waals surface area (Å²) in [7, 11) is -3.72. The van der Waals surface area contributed by atoms with Gasteiger partial charge in [-0.25, -0.2) is 8.42 Å². The second-order valence-electron chi connectivity index (χ2n) is 9.89. The first-order valence-electron chi connectivity index (χ1n) is 11.4. The van der Waals surface area contributed by atoms with Gasteiger partial charge in [-0.1, -0.05) is 39.8 Å². The van der Waals surface area contributed by atoms with E-state index in [1.165, 1.54) is 0 Å². The molecule has 2 aromatic carbocycles. The number of anilines is 2. The van der Waals surface area contributed by atoms with Crippen LogP contribution in [0.1, 0.15) is 57.6 Å². The minimum absolute atomic E-state index is 0.148. The molecule has 0 unspecified atom stereocenters. The van der Waals surface area contributed by atoms with Crippen molar-refractivity contribution < 1.29 is 13.2 Å². The third-order valence-electron chi connectivity index (χ3n) is 6.55. The normalized spacial score (nSPS) is 17.7. The van der Waals surface area contributed by atoms with Crippen LogP contribution >= 0.6 is 0 Å². The molecule has 32 heavy (non-hydrogen) atoms. The third-order valence-corrected chi connectivity index (χ3v) is 7.93. The molecule has 1 saturated heterocycles. The predicted octanol–water partition coefficient (Wildman–Crippen LogP) is 4.33. The number of likely N-dealkylation sites (tertiary alicyclic amines) is 1. The molecule has 6 nitrogen and oxygen atoms in total. The molecule has 0 bridgehead atoms. The Morgan fingerprint density at radius 1 is 1.06 bits per heavy atom. The molecule has 0 saturated carbocycles. The van der Waals surface area contributed by atoms with Crippen LogP contribution in [0.25, 0.3) is 0 Å². The van der Waals surface area contributed by atoms with Crippen LogP contribution in [0, 0.1) is 0 Å². The Hall–Kier alpha value is -2.54. The molecule has 4 rings (SSSR count). The average Bonchev–Trinajstić information content (AvgIpc) is 3.35. The van der Waals surface area contributed by atoms with E-state index in [2.05, 4.69) is 37.3 Å². The van der Waals surface area contributed by atoms with Gasteiger partial charge in [0.25, 0.3) is 10.0 Å². The van der Waals surface area contributed by atoms with E-state index in [-0.39, 0.29) is 16.2 Å². The largest absolute Gasteiger partial charge is 0.361 e. The Labute approximate surface area is 191 Å².